The van der Waals surface area contributed by atoms with Crippen LogP contribution in [-0.4, -0.2) is 28.9 Å². The van der Waals surface area contributed by atoms with E-state index in [-0.39, 0.29) is 16.8 Å². The fourth-order valence-corrected chi connectivity index (χ4v) is 3.10. The Hall–Kier alpha value is -3.59. The van der Waals surface area contributed by atoms with Gasteiger partial charge in [-0.15, -0.1) is 0 Å². The van der Waals surface area contributed by atoms with Crippen LogP contribution in [0.4, 0.5) is 11.4 Å². The van der Waals surface area contributed by atoms with Gasteiger partial charge in [0.25, 0.3) is 11.2 Å². The molecule has 3 aromatic rings. The molecule has 1 aromatic heterocycles. The van der Waals surface area contributed by atoms with Crippen molar-refractivity contribution in [2.24, 2.45) is 0 Å². The first-order valence-corrected chi connectivity index (χ1v) is 9.24. The van der Waals surface area contributed by atoms with Gasteiger partial charge in [-0.05, 0) is 31.2 Å². The highest BCUT2D eigenvalue weighted by Gasteiger charge is 2.17. The first-order chi connectivity index (χ1) is 14.3. The van der Waals surface area contributed by atoms with Crippen LogP contribution in [-0.2, 0) is 0 Å². The van der Waals surface area contributed by atoms with Gasteiger partial charge < -0.3 is 14.8 Å². The lowest BCUT2D eigenvalue weighted by atomic mass is 10.1. The molecule has 2 aromatic carbocycles. The molecule has 0 aliphatic heterocycles. The summed E-state index contributed by atoms with van der Waals surface area (Å²) in [6, 6.07) is 10.6. The highest BCUT2D eigenvalue weighted by molar-refractivity contribution is 6.33. The van der Waals surface area contributed by atoms with Crippen molar-refractivity contribution in [3.05, 3.63) is 79.7 Å². The third-order valence-corrected chi connectivity index (χ3v) is 4.87. The Morgan fingerprint density at radius 3 is 2.47 bits per heavy atom. The van der Waals surface area contributed by atoms with E-state index in [1.54, 1.807) is 20.3 Å². The fourth-order valence-electron chi connectivity index (χ4n) is 2.92. The number of nitrogens with one attached hydrogen (secondary N) is 1. The third kappa shape index (κ3) is 4.20. The molecule has 0 radical (unpaired) electrons. The number of ether oxygens (including phenoxy) is 2. The van der Waals surface area contributed by atoms with Gasteiger partial charge >= 0.3 is 0 Å². The molecule has 0 amide bonds. The number of rotatable bonds is 7. The van der Waals surface area contributed by atoms with E-state index in [2.05, 4.69) is 10.4 Å². The first kappa shape index (κ1) is 21.1. The average Bonchev–Trinajstić information content (AvgIpc) is 2.76. The number of benzene rings is 2. The van der Waals surface area contributed by atoms with Crippen molar-refractivity contribution in [3.8, 4) is 17.2 Å². The van der Waals surface area contributed by atoms with Gasteiger partial charge in [0.2, 0.25) is 0 Å². The summed E-state index contributed by atoms with van der Waals surface area (Å²) in [4.78, 5) is 23.0. The van der Waals surface area contributed by atoms with Gasteiger partial charge in [0.1, 0.15) is 16.5 Å². The molecule has 0 aliphatic rings. The van der Waals surface area contributed by atoms with Crippen molar-refractivity contribution < 1.29 is 14.4 Å². The second-order valence-corrected chi connectivity index (χ2v) is 6.71. The van der Waals surface area contributed by atoms with Gasteiger partial charge in [-0.25, -0.2) is 0 Å². The maximum Gasteiger partial charge on any atom is 0.292 e. The summed E-state index contributed by atoms with van der Waals surface area (Å²) in [6.07, 6.45) is 1.43. The Labute approximate surface area is 177 Å². The standard InChI is InChI=1S/C20H19ClN4O5/c1-12(16-9-8-15(29-2)10-18(16)30-3)23-17-11-22-24(20(26)19(17)21)13-4-6-14(7-5-13)25(27)28/h4-12,23H,1-3H3. The van der Waals surface area contributed by atoms with E-state index >= 15 is 0 Å². The smallest absolute Gasteiger partial charge is 0.292 e. The lowest BCUT2D eigenvalue weighted by Crippen LogP contribution is -2.23. The van der Waals surface area contributed by atoms with Crippen molar-refractivity contribution in [1.29, 1.82) is 0 Å². The van der Waals surface area contributed by atoms with Crippen molar-refractivity contribution in [3.63, 3.8) is 0 Å². The number of aromatic nitrogens is 2. The van der Waals surface area contributed by atoms with Gasteiger partial charge in [0.15, 0.2) is 0 Å². The zero-order chi connectivity index (χ0) is 21.8. The highest BCUT2D eigenvalue weighted by Crippen LogP contribution is 2.32. The maximum atomic E-state index is 12.7. The van der Waals surface area contributed by atoms with Crippen LogP contribution in [0.5, 0.6) is 11.5 Å². The highest BCUT2D eigenvalue weighted by atomic mass is 35.5. The van der Waals surface area contributed by atoms with Gasteiger partial charge in [-0.1, -0.05) is 11.6 Å². The summed E-state index contributed by atoms with van der Waals surface area (Å²) in [6.45, 7) is 1.89. The minimum Gasteiger partial charge on any atom is -0.497 e. The van der Waals surface area contributed by atoms with E-state index in [4.69, 9.17) is 21.1 Å². The molecule has 0 saturated heterocycles. The number of nitro groups is 1. The van der Waals surface area contributed by atoms with E-state index in [9.17, 15) is 14.9 Å². The van der Waals surface area contributed by atoms with Crippen molar-refractivity contribution in [2.45, 2.75) is 13.0 Å². The Bertz CT molecular complexity index is 1130. The zero-order valence-electron chi connectivity index (χ0n) is 16.5. The normalized spacial score (nSPS) is 11.6. The van der Waals surface area contributed by atoms with Crippen LogP contribution in [0.3, 0.4) is 0 Å². The predicted octanol–water partition coefficient (Wildman–Crippen LogP) is 3.98. The van der Waals surface area contributed by atoms with Crippen molar-refractivity contribution in [1.82, 2.24) is 9.78 Å². The number of nitrogens with zero attached hydrogens (tertiary/aromatic N) is 3. The lowest BCUT2D eigenvalue weighted by Gasteiger charge is -2.19. The number of hydrogen-bond acceptors (Lipinski definition) is 7. The number of nitro benzene ring substituents is 1. The summed E-state index contributed by atoms with van der Waals surface area (Å²) < 4.78 is 11.7. The molecule has 10 heteroatoms. The molecule has 0 fully saturated rings. The summed E-state index contributed by atoms with van der Waals surface area (Å²) in [5, 5.41) is 18.0. The van der Waals surface area contributed by atoms with E-state index < -0.39 is 10.5 Å². The van der Waals surface area contributed by atoms with Gasteiger partial charge in [0.05, 0.1) is 42.8 Å². The third-order valence-electron chi connectivity index (χ3n) is 4.50. The quantitative estimate of drug-likeness (QED) is 0.446. The minimum absolute atomic E-state index is 0.0531. The van der Waals surface area contributed by atoms with Gasteiger partial charge in [0, 0.05) is 23.8 Å². The molecule has 3 rings (SSSR count). The molecule has 156 valence electrons. The number of methoxy groups -OCH3 is 2. The first-order valence-electron chi connectivity index (χ1n) is 8.86. The number of anilines is 1. The largest absolute Gasteiger partial charge is 0.497 e. The number of non-ortho nitro benzene ring substituents is 1. The van der Waals surface area contributed by atoms with Crippen LogP contribution in [0, 0.1) is 10.1 Å². The molecule has 9 nitrogen and oxygen atoms in total. The Balaban J connectivity index is 1.89. The molecular weight excluding hydrogens is 412 g/mol. The Kier molecular flexibility index (Phi) is 6.22. The SMILES string of the molecule is COc1ccc(C(C)Nc2cnn(-c3ccc([N+](=O)[O-])cc3)c(=O)c2Cl)c(OC)c1. The van der Waals surface area contributed by atoms with E-state index in [0.717, 1.165) is 10.2 Å². The minimum atomic E-state index is -0.551. The van der Waals surface area contributed by atoms with Crippen LogP contribution >= 0.6 is 11.6 Å². The van der Waals surface area contributed by atoms with Gasteiger partial charge in [-0.2, -0.15) is 9.78 Å². The maximum absolute atomic E-state index is 12.7. The van der Waals surface area contributed by atoms with Gasteiger partial charge in [-0.3, -0.25) is 14.9 Å². The lowest BCUT2D eigenvalue weighted by molar-refractivity contribution is -0.384. The average molecular weight is 431 g/mol. The topological polar surface area (TPSA) is 109 Å². The molecular formula is C20H19ClN4O5. The number of halogens is 1. The second-order valence-electron chi connectivity index (χ2n) is 6.34. The molecule has 30 heavy (non-hydrogen) atoms. The number of hydrogen-bond donors (Lipinski definition) is 1. The van der Waals surface area contributed by atoms with Crippen LogP contribution in [0.25, 0.3) is 5.69 Å². The summed E-state index contributed by atoms with van der Waals surface area (Å²) >= 11 is 6.29. The van der Waals surface area contributed by atoms with E-state index in [1.165, 1.54) is 30.5 Å². The summed E-state index contributed by atoms with van der Waals surface area (Å²) in [5.74, 6) is 1.28. The van der Waals surface area contributed by atoms with E-state index in [1.807, 2.05) is 19.1 Å². The molecule has 0 spiro atoms. The van der Waals surface area contributed by atoms with Crippen LogP contribution in [0.15, 0.2) is 53.5 Å². The van der Waals surface area contributed by atoms with Crippen LogP contribution in [0.1, 0.15) is 18.5 Å². The Morgan fingerprint density at radius 1 is 1.17 bits per heavy atom. The fraction of sp³-hybridized carbons (Fsp3) is 0.200. The summed E-state index contributed by atoms with van der Waals surface area (Å²) in [7, 11) is 3.13. The molecule has 0 aliphatic carbocycles. The molecule has 0 saturated carbocycles. The van der Waals surface area contributed by atoms with Crippen molar-refractivity contribution >= 4 is 23.0 Å². The molecule has 1 unspecified atom stereocenters. The predicted molar refractivity (Wildman–Crippen MR) is 113 cm³/mol. The second kappa shape index (κ2) is 8.83. The van der Waals surface area contributed by atoms with Crippen LogP contribution in [0.2, 0.25) is 5.02 Å². The molecule has 1 N–H and O–H groups in total. The van der Waals surface area contributed by atoms with Crippen LogP contribution < -0.4 is 20.3 Å². The van der Waals surface area contributed by atoms with E-state index in [0.29, 0.717) is 22.9 Å². The van der Waals surface area contributed by atoms with Crippen molar-refractivity contribution in [2.75, 3.05) is 19.5 Å². The Morgan fingerprint density at radius 2 is 1.87 bits per heavy atom. The zero-order valence-corrected chi connectivity index (χ0v) is 17.2. The summed E-state index contributed by atoms with van der Waals surface area (Å²) in [5.41, 5.74) is 0.922. The monoisotopic (exact) mass is 430 g/mol. The molecule has 0 bridgehead atoms. The molecule has 1 atom stereocenters. The molecule has 1 heterocycles.